The summed E-state index contributed by atoms with van der Waals surface area (Å²) in [6.07, 6.45) is 15.1. The fraction of sp³-hybridized carbons (Fsp3) is 1.00. The van der Waals surface area contributed by atoms with Gasteiger partial charge in [0.05, 0.1) is 0 Å². The summed E-state index contributed by atoms with van der Waals surface area (Å²) in [7, 11) is 9.78. The summed E-state index contributed by atoms with van der Waals surface area (Å²) >= 11 is -0.556. The van der Waals surface area contributed by atoms with E-state index in [-0.39, 0.29) is 0 Å². The molecule has 2 aliphatic carbocycles. The van der Waals surface area contributed by atoms with E-state index < -0.39 is 17.0 Å². The molecule has 118 valence electrons. The quantitative estimate of drug-likeness (QED) is 0.403. The summed E-state index contributed by atoms with van der Waals surface area (Å²) in [6, 6.07) is 1.39. The molecule has 2 fully saturated rings. The van der Waals surface area contributed by atoms with Crippen molar-refractivity contribution in [3.05, 3.63) is 10.6 Å². The Morgan fingerprint density at radius 3 is 1.40 bits per heavy atom. The second kappa shape index (κ2) is 13.8. The Morgan fingerprint density at radius 2 is 1.05 bits per heavy atom. The van der Waals surface area contributed by atoms with Gasteiger partial charge in [-0.05, 0) is 0 Å². The Balaban J connectivity index is 0.000000612. The van der Waals surface area contributed by atoms with Crippen LogP contribution in [0.2, 0.25) is 0 Å². The van der Waals surface area contributed by atoms with E-state index in [9.17, 15) is 0 Å². The average molecular weight is 355 g/mol. The van der Waals surface area contributed by atoms with Crippen LogP contribution >= 0.6 is 18.6 Å². The van der Waals surface area contributed by atoms with E-state index in [1.807, 2.05) is 0 Å². The van der Waals surface area contributed by atoms with Crippen LogP contribution in [0.15, 0.2) is 0 Å². The van der Waals surface area contributed by atoms with Crippen molar-refractivity contribution in [3.63, 3.8) is 0 Å². The molecule has 0 N–H and O–H groups in total. The third-order valence-corrected chi connectivity index (χ3v) is 4.24. The average Bonchev–Trinajstić information content (AvgIpc) is 2.50. The molecule has 0 aromatic heterocycles. The Kier molecular flexibility index (Phi) is 13.3. The SMILES string of the molecule is C1CCC([N-]CCC[N-]C2CCCCC2)CC1.[Cl][Ti][Cl]. The first-order valence-electron chi connectivity index (χ1n) is 8.16. The van der Waals surface area contributed by atoms with Crippen LogP contribution in [0, 0.1) is 0 Å². The topological polar surface area (TPSA) is 28.2 Å². The predicted octanol–water partition coefficient (Wildman–Crippen LogP) is 6.17. The van der Waals surface area contributed by atoms with E-state index in [1.165, 1.54) is 70.6 Å². The number of hydrogen-bond donors (Lipinski definition) is 0. The van der Waals surface area contributed by atoms with Crippen LogP contribution in [0.25, 0.3) is 10.6 Å². The zero-order valence-electron chi connectivity index (χ0n) is 12.5. The zero-order valence-corrected chi connectivity index (χ0v) is 15.6. The minimum atomic E-state index is -0.556. The Morgan fingerprint density at radius 1 is 0.700 bits per heavy atom. The maximum atomic E-state index is 4.89. The molecule has 0 bridgehead atoms. The molecule has 5 heteroatoms. The van der Waals surface area contributed by atoms with Crippen LogP contribution in [0.3, 0.4) is 0 Å². The van der Waals surface area contributed by atoms with Gasteiger partial charge in [-0.2, -0.15) is 13.1 Å². The van der Waals surface area contributed by atoms with Crippen LogP contribution < -0.4 is 0 Å². The van der Waals surface area contributed by atoms with Crippen molar-refractivity contribution in [2.75, 3.05) is 13.1 Å². The summed E-state index contributed by atoms with van der Waals surface area (Å²) in [6.45, 7) is 2.11. The summed E-state index contributed by atoms with van der Waals surface area (Å²) in [4.78, 5) is 0. The van der Waals surface area contributed by atoms with Gasteiger partial charge in [-0.15, -0.1) is 12.1 Å². The summed E-state index contributed by atoms with van der Waals surface area (Å²) < 4.78 is 0. The van der Waals surface area contributed by atoms with Crippen molar-refractivity contribution in [1.29, 1.82) is 0 Å². The van der Waals surface area contributed by atoms with E-state index >= 15 is 0 Å². The fourth-order valence-corrected chi connectivity index (χ4v) is 3.15. The van der Waals surface area contributed by atoms with Crippen LogP contribution in [0.1, 0.15) is 70.6 Å². The molecule has 20 heavy (non-hydrogen) atoms. The first kappa shape index (κ1) is 19.3. The molecule has 2 saturated carbocycles. The van der Waals surface area contributed by atoms with E-state index in [0.717, 1.165) is 13.1 Å². The second-order valence-corrected chi connectivity index (χ2v) is 8.40. The first-order chi connectivity index (χ1) is 9.86. The van der Waals surface area contributed by atoms with Crippen LogP contribution in [-0.2, 0) is 17.0 Å². The molecule has 0 radical (unpaired) electrons. The van der Waals surface area contributed by atoms with Gasteiger partial charge in [0.25, 0.3) is 0 Å². The molecule has 0 aromatic rings. The van der Waals surface area contributed by atoms with Crippen molar-refractivity contribution in [3.8, 4) is 0 Å². The third-order valence-electron chi connectivity index (χ3n) is 4.24. The monoisotopic (exact) mass is 354 g/mol. The van der Waals surface area contributed by atoms with Crippen LogP contribution in [0.4, 0.5) is 0 Å². The molecule has 2 aliphatic rings. The van der Waals surface area contributed by atoms with E-state index in [2.05, 4.69) is 0 Å². The van der Waals surface area contributed by atoms with Gasteiger partial charge in [-0.1, -0.05) is 70.6 Å². The van der Waals surface area contributed by atoms with Gasteiger partial charge in [-0.25, -0.2) is 0 Å². The standard InChI is InChI=1S/C15H28N2.2ClH.Ti/c1-3-8-14(9-4-1)16-12-7-13-17-15-10-5-2-6-11-15;;;/h14-15H,1-13H2;2*1H;/q-2;;;+2/p-2. The Hall–Kier alpha value is 1.21. The number of halogens is 2. The molecule has 0 amide bonds. The Bertz CT molecular complexity index is 188. The van der Waals surface area contributed by atoms with Crippen molar-refractivity contribution < 1.29 is 17.0 Å². The van der Waals surface area contributed by atoms with Crippen LogP contribution in [-0.4, -0.2) is 25.2 Å². The molecule has 2 nitrogen and oxygen atoms in total. The third kappa shape index (κ3) is 10.0. The second-order valence-electron chi connectivity index (χ2n) is 5.82. The summed E-state index contributed by atoms with van der Waals surface area (Å²) in [5, 5.41) is 9.61. The molecular weight excluding hydrogens is 327 g/mol. The molecule has 0 saturated heterocycles. The van der Waals surface area contributed by atoms with E-state index in [1.54, 1.807) is 0 Å². The molecule has 0 aromatic carbocycles. The molecule has 0 heterocycles. The Labute approximate surface area is 141 Å². The van der Waals surface area contributed by atoms with E-state index in [4.69, 9.17) is 29.2 Å². The number of nitrogens with zero attached hydrogens (tertiary/aromatic N) is 2. The van der Waals surface area contributed by atoms with Crippen LogP contribution in [0.5, 0.6) is 0 Å². The maximum absolute atomic E-state index is 4.89. The fourth-order valence-electron chi connectivity index (χ4n) is 3.15. The summed E-state index contributed by atoms with van der Waals surface area (Å²) in [5.41, 5.74) is 0. The number of rotatable bonds is 6. The predicted molar refractivity (Wildman–Crippen MR) is 86.5 cm³/mol. The van der Waals surface area contributed by atoms with Gasteiger partial charge < -0.3 is 10.6 Å². The molecule has 2 rings (SSSR count). The molecule has 0 atom stereocenters. The van der Waals surface area contributed by atoms with Crippen molar-refractivity contribution in [2.45, 2.75) is 82.7 Å². The van der Waals surface area contributed by atoms with Crippen molar-refractivity contribution >= 4 is 18.6 Å². The van der Waals surface area contributed by atoms with E-state index in [0.29, 0.717) is 12.1 Å². The van der Waals surface area contributed by atoms with Gasteiger partial charge in [0.2, 0.25) is 0 Å². The molecule has 0 unspecified atom stereocenters. The zero-order chi connectivity index (χ0) is 14.5. The molecule has 0 spiro atoms. The van der Waals surface area contributed by atoms with Gasteiger partial charge in [0, 0.05) is 0 Å². The molecular formula is C15H28Cl2N2Ti-2. The van der Waals surface area contributed by atoms with Crippen molar-refractivity contribution in [2.24, 2.45) is 0 Å². The number of hydrogen-bond acceptors (Lipinski definition) is 0. The van der Waals surface area contributed by atoms with Gasteiger partial charge in [0.1, 0.15) is 0 Å². The summed E-state index contributed by atoms with van der Waals surface area (Å²) in [5.74, 6) is 0. The van der Waals surface area contributed by atoms with Gasteiger partial charge in [0.15, 0.2) is 0 Å². The minimum absolute atomic E-state index is 0.556. The van der Waals surface area contributed by atoms with Gasteiger partial charge >= 0.3 is 35.6 Å². The van der Waals surface area contributed by atoms with Crippen molar-refractivity contribution in [1.82, 2.24) is 0 Å². The molecule has 0 aliphatic heterocycles. The van der Waals surface area contributed by atoms with Gasteiger partial charge in [-0.3, -0.25) is 0 Å². The normalized spacial score (nSPS) is 21.1. The first-order valence-corrected chi connectivity index (χ1v) is 12.5.